The van der Waals surface area contributed by atoms with Crippen LogP contribution >= 0.6 is 0 Å². The van der Waals surface area contributed by atoms with Gasteiger partial charge in [-0.3, -0.25) is 4.79 Å². The summed E-state index contributed by atoms with van der Waals surface area (Å²) in [6, 6.07) is 6.33. The summed E-state index contributed by atoms with van der Waals surface area (Å²) in [7, 11) is 0. The lowest BCUT2D eigenvalue weighted by Gasteiger charge is -2.59. The fraction of sp³-hybridized carbons (Fsp3) is 0.565. The van der Waals surface area contributed by atoms with Crippen LogP contribution in [0.25, 0.3) is 0 Å². The Kier molecular flexibility index (Phi) is 5.29. The Morgan fingerprint density at radius 1 is 1.13 bits per heavy atom. The lowest BCUT2D eigenvalue weighted by molar-refractivity contribution is -0.137. The Hall–Kier alpha value is -2.49. The van der Waals surface area contributed by atoms with Crippen molar-refractivity contribution in [2.75, 3.05) is 5.32 Å². The van der Waals surface area contributed by atoms with E-state index in [1.807, 2.05) is 13.0 Å². The molecule has 2 N–H and O–H groups in total. The fourth-order valence-electron chi connectivity index (χ4n) is 6.19. The molecular weight excluding hydrogens is 391 g/mol. The molecule has 4 bridgehead atoms. The molecule has 1 aromatic carbocycles. The van der Waals surface area contributed by atoms with Gasteiger partial charge in [0.15, 0.2) is 0 Å². The first-order valence-corrected chi connectivity index (χ1v) is 10.5. The number of carbonyl (C=O) groups excluding carboxylic acids is 1. The van der Waals surface area contributed by atoms with Crippen LogP contribution in [0.5, 0.6) is 0 Å². The Morgan fingerprint density at radius 3 is 2.13 bits per heavy atom. The minimum absolute atomic E-state index is 0.0128. The molecule has 4 aliphatic rings. The zero-order chi connectivity index (χ0) is 21.5. The second-order valence-corrected chi connectivity index (χ2v) is 9.36. The number of benzene rings is 1. The van der Waals surface area contributed by atoms with Gasteiger partial charge in [-0.2, -0.15) is 18.4 Å². The van der Waals surface area contributed by atoms with Crippen molar-refractivity contribution in [1.29, 1.82) is 5.26 Å². The summed E-state index contributed by atoms with van der Waals surface area (Å²) in [5, 5.41) is 15.2. The molecule has 160 valence electrons. The molecule has 1 amide bonds. The van der Waals surface area contributed by atoms with Gasteiger partial charge in [0.2, 0.25) is 0 Å². The van der Waals surface area contributed by atoms with Crippen molar-refractivity contribution in [2.45, 2.75) is 57.7 Å². The summed E-state index contributed by atoms with van der Waals surface area (Å²) < 4.78 is 38.0. The largest absolute Gasteiger partial charge is 0.416 e. The van der Waals surface area contributed by atoms with Crippen LogP contribution in [-0.2, 0) is 11.0 Å². The van der Waals surface area contributed by atoms with Crippen LogP contribution in [0, 0.1) is 34.5 Å². The van der Waals surface area contributed by atoms with Crippen molar-refractivity contribution in [2.24, 2.45) is 23.2 Å². The first kappa shape index (κ1) is 20.8. The summed E-state index contributed by atoms with van der Waals surface area (Å²) in [6.45, 7) is 2.04. The van der Waals surface area contributed by atoms with Gasteiger partial charge in [0, 0.05) is 17.9 Å². The Bertz CT molecular complexity index is 847. The van der Waals surface area contributed by atoms with Gasteiger partial charge in [-0.15, -0.1) is 0 Å². The number of nitriles is 1. The summed E-state index contributed by atoms with van der Waals surface area (Å²) in [4.78, 5) is 12.7. The van der Waals surface area contributed by atoms with Gasteiger partial charge in [0.25, 0.3) is 5.91 Å². The van der Waals surface area contributed by atoms with Gasteiger partial charge in [0.05, 0.1) is 5.56 Å². The predicted molar refractivity (Wildman–Crippen MR) is 107 cm³/mol. The summed E-state index contributed by atoms with van der Waals surface area (Å²) in [5.74, 6) is 1.86. The topological polar surface area (TPSA) is 64.9 Å². The summed E-state index contributed by atoms with van der Waals surface area (Å²) in [5.41, 5.74) is -0.338. The van der Waals surface area contributed by atoms with Crippen LogP contribution < -0.4 is 10.6 Å². The number of nitrogens with zero attached hydrogens (tertiary/aromatic N) is 1. The number of alkyl halides is 3. The van der Waals surface area contributed by atoms with Gasteiger partial charge >= 0.3 is 6.18 Å². The number of rotatable bonds is 5. The highest BCUT2D eigenvalue weighted by atomic mass is 19.4. The van der Waals surface area contributed by atoms with Crippen LogP contribution in [0.3, 0.4) is 0 Å². The molecule has 4 nitrogen and oxygen atoms in total. The maximum absolute atomic E-state index is 12.7. The summed E-state index contributed by atoms with van der Waals surface area (Å²) >= 11 is 0. The van der Waals surface area contributed by atoms with Crippen LogP contribution in [0.4, 0.5) is 18.9 Å². The number of amides is 1. The summed E-state index contributed by atoms with van der Waals surface area (Å²) in [6.07, 6.45) is 4.26. The minimum Gasteiger partial charge on any atom is -0.360 e. The predicted octanol–water partition coefficient (Wildman–Crippen LogP) is 5.25. The van der Waals surface area contributed by atoms with Gasteiger partial charge < -0.3 is 10.6 Å². The smallest absolute Gasteiger partial charge is 0.360 e. The van der Waals surface area contributed by atoms with Gasteiger partial charge in [-0.05, 0) is 92.9 Å². The lowest BCUT2D eigenvalue weighted by Crippen LogP contribution is -2.56. The first-order chi connectivity index (χ1) is 14.2. The normalized spacial score (nSPS) is 31.2. The van der Waals surface area contributed by atoms with Crippen LogP contribution in [0.2, 0.25) is 0 Å². The molecule has 0 aliphatic heterocycles. The third kappa shape index (κ3) is 4.05. The molecule has 1 unspecified atom stereocenters. The molecule has 0 aromatic heterocycles. The minimum atomic E-state index is -4.40. The van der Waals surface area contributed by atoms with E-state index < -0.39 is 17.6 Å². The Balaban J connectivity index is 1.40. The monoisotopic (exact) mass is 417 g/mol. The van der Waals surface area contributed by atoms with Gasteiger partial charge in [0.1, 0.15) is 11.6 Å². The van der Waals surface area contributed by atoms with Gasteiger partial charge in [-0.25, -0.2) is 0 Å². The maximum Gasteiger partial charge on any atom is 0.416 e. The molecule has 0 spiro atoms. The van der Waals surface area contributed by atoms with E-state index in [0.29, 0.717) is 5.69 Å². The van der Waals surface area contributed by atoms with Crippen molar-refractivity contribution in [3.05, 3.63) is 41.6 Å². The number of nitrogens with one attached hydrogen (secondary N) is 2. The molecule has 0 saturated heterocycles. The van der Waals surface area contributed by atoms with Crippen molar-refractivity contribution >= 4 is 11.6 Å². The molecule has 4 fully saturated rings. The highest BCUT2D eigenvalue weighted by Crippen LogP contribution is 2.61. The van der Waals surface area contributed by atoms with Crippen molar-refractivity contribution in [3.63, 3.8) is 0 Å². The Morgan fingerprint density at radius 2 is 1.67 bits per heavy atom. The molecule has 1 aromatic rings. The zero-order valence-corrected chi connectivity index (χ0v) is 16.9. The molecule has 1 atom stereocenters. The van der Waals surface area contributed by atoms with E-state index in [2.05, 4.69) is 10.6 Å². The molecule has 5 rings (SSSR count). The molecule has 0 heterocycles. The van der Waals surface area contributed by atoms with E-state index in [1.165, 1.54) is 37.6 Å². The van der Waals surface area contributed by atoms with Crippen LogP contribution in [0.1, 0.15) is 51.0 Å². The van der Waals surface area contributed by atoms with E-state index in [0.717, 1.165) is 49.1 Å². The highest BCUT2D eigenvalue weighted by Gasteiger charge is 2.53. The highest BCUT2D eigenvalue weighted by molar-refractivity contribution is 5.97. The fourth-order valence-corrected chi connectivity index (χ4v) is 6.19. The first-order valence-electron chi connectivity index (χ1n) is 10.5. The SMILES string of the molecule is CC(NC(=O)/C(C#N)=C\Nc1ccc(C(F)(F)F)cc1)C12CC3CC(CC(C3)C1)C2. The molecule has 0 radical (unpaired) electrons. The quantitative estimate of drug-likeness (QED) is 0.508. The van der Waals surface area contributed by atoms with Crippen molar-refractivity contribution < 1.29 is 18.0 Å². The standard InChI is InChI=1S/C23H26F3N3O/c1-14(22-9-15-6-16(10-22)8-17(7-15)11-22)29-21(30)18(12-27)13-28-20-4-2-19(3-5-20)23(24,25)26/h2-5,13-17,28H,6-11H2,1H3,(H,29,30)/b18-13-. The molecule has 4 aliphatic carbocycles. The Labute approximate surface area is 174 Å². The number of anilines is 1. The number of hydrogen-bond donors (Lipinski definition) is 2. The average Bonchev–Trinajstić information content (AvgIpc) is 2.67. The lowest BCUT2D eigenvalue weighted by atomic mass is 9.48. The zero-order valence-electron chi connectivity index (χ0n) is 16.9. The van der Waals surface area contributed by atoms with Crippen LogP contribution in [0.15, 0.2) is 36.0 Å². The number of halogens is 3. The number of hydrogen-bond acceptors (Lipinski definition) is 3. The van der Waals surface area contributed by atoms with E-state index in [-0.39, 0.29) is 17.0 Å². The third-order valence-corrected chi connectivity index (χ3v) is 7.31. The number of carbonyl (C=O) groups is 1. The average molecular weight is 417 g/mol. The van der Waals surface area contributed by atoms with Crippen molar-refractivity contribution in [3.8, 4) is 6.07 Å². The van der Waals surface area contributed by atoms with E-state index in [9.17, 15) is 23.2 Å². The molecule has 30 heavy (non-hydrogen) atoms. The van der Waals surface area contributed by atoms with Crippen LogP contribution in [-0.4, -0.2) is 11.9 Å². The van der Waals surface area contributed by atoms with Gasteiger partial charge in [-0.1, -0.05) is 0 Å². The molecule has 7 heteroatoms. The third-order valence-electron chi connectivity index (χ3n) is 7.31. The molecule has 4 saturated carbocycles. The van der Waals surface area contributed by atoms with E-state index >= 15 is 0 Å². The van der Waals surface area contributed by atoms with E-state index in [4.69, 9.17) is 0 Å². The molecular formula is C23H26F3N3O. The van der Waals surface area contributed by atoms with Crippen molar-refractivity contribution in [1.82, 2.24) is 5.32 Å². The second kappa shape index (κ2) is 7.64. The van der Waals surface area contributed by atoms with E-state index in [1.54, 1.807) is 0 Å². The maximum atomic E-state index is 12.7. The second-order valence-electron chi connectivity index (χ2n) is 9.36.